The van der Waals surface area contributed by atoms with Crippen LogP contribution in [0.15, 0.2) is 65.1 Å². The fourth-order valence-corrected chi connectivity index (χ4v) is 5.06. The number of hydrogen-bond acceptors (Lipinski definition) is 6. The van der Waals surface area contributed by atoms with Crippen LogP contribution >= 0.6 is 11.3 Å². The molecule has 4 aromatic rings. The van der Waals surface area contributed by atoms with Crippen LogP contribution in [0.5, 0.6) is 0 Å². The number of fused-ring (bicyclic) bond motifs is 1. The number of furan rings is 1. The van der Waals surface area contributed by atoms with Gasteiger partial charge >= 0.3 is 0 Å². The standard InChI is InChI=1S/C22H19N5O2S/c1-22(18-8-15(11-30-18)16-9-24-12-25-10-16)19(20(28)27(2)21(23)26-22)14-4-3-13-5-6-29-17(13)7-14/h3-12,19H,1-2H3,(H2,23,26)/t19-,22-/m1/s1. The molecule has 1 amide bonds. The minimum atomic E-state index is -0.792. The summed E-state index contributed by atoms with van der Waals surface area (Å²) >= 11 is 1.55. The highest BCUT2D eigenvalue weighted by Gasteiger charge is 2.49. The van der Waals surface area contributed by atoms with Crippen molar-refractivity contribution in [1.82, 2.24) is 20.2 Å². The first-order valence-electron chi connectivity index (χ1n) is 9.43. The van der Waals surface area contributed by atoms with Gasteiger partial charge in [-0.1, -0.05) is 12.1 Å². The van der Waals surface area contributed by atoms with E-state index in [0.29, 0.717) is 0 Å². The summed E-state index contributed by atoms with van der Waals surface area (Å²) in [5.41, 5.74) is 2.68. The maximum atomic E-state index is 13.4. The van der Waals surface area contributed by atoms with Crippen molar-refractivity contribution in [1.29, 1.82) is 5.41 Å². The lowest BCUT2D eigenvalue weighted by atomic mass is 9.76. The van der Waals surface area contributed by atoms with E-state index in [2.05, 4.69) is 15.3 Å². The van der Waals surface area contributed by atoms with Crippen LogP contribution in [-0.4, -0.2) is 33.8 Å². The number of thiophene rings is 1. The Kier molecular flexibility index (Phi) is 4.18. The quantitative estimate of drug-likeness (QED) is 0.526. The van der Waals surface area contributed by atoms with Crippen molar-refractivity contribution in [2.24, 2.45) is 0 Å². The van der Waals surface area contributed by atoms with Gasteiger partial charge in [-0.2, -0.15) is 0 Å². The van der Waals surface area contributed by atoms with Crippen LogP contribution in [0.4, 0.5) is 0 Å². The van der Waals surface area contributed by atoms with Crippen LogP contribution in [0.1, 0.15) is 23.3 Å². The number of amides is 1. The Balaban J connectivity index is 1.64. The predicted octanol–water partition coefficient (Wildman–Crippen LogP) is 3.95. The van der Waals surface area contributed by atoms with Crippen LogP contribution in [0.3, 0.4) is 0 Å². The minimum Gasteiger partial charge on any atom is -0.464 e. The summed E-state index contributed by atoms with van der Waals surface area (Å²) in [6.07, 6.45) is 6.67. The number of nitrogens with zero attached hydrogens (tertiary/aromatic N) is 3. The molecular weight excluding hydrogens is 398 g/mol. The molecule has 0 radical (unpaired) electrons. The fraction of sp³-hybridized carbons (Fsp3) is 0.182. The van der Waals surface area contributed by atoms with Gasteiger partial charge in [0.1, 0.15) is 11.9 Å². The molecule has 3 aromatic heterocycles. The molecule has 1 aliphatic heterocycles. The zero-order valence-electron chi connectivity index (χ0n) is 16.4. The minimum absolute atomic E-state index is 0.0795. The fourth-order valence-electron chi connectivity index (χ4n) is 3.99. The molecule has 7 nitrogen and oxygen atoms in total. The highest BCUT2D eigenvalue weighted by molar-refractivity contribution is 7.10. The molecule has 2 N–H and O–H groups in total. The first kappa shape index (κ1) is 18.5. The number of carbonyl (C=O) groups excluding carboxylic acids is 1. The molecule has 0 unspecified atom stereocenters. The van der Waals surface area contributed by atoms with E-state index >= 15 is 0 Å². The molecule has 0 spiro atoms. The van der Waals surface area contributed by atoms with E-state index in [0.717, 1.165) is 32.5 Å². The zero-order valence-corrected chi connectivity index (χ0v) is 17.2. The highest BCUT2D eigenvalue weighted by Crippen LogP contribution is 2.44. The van der Waals surface area contributed by atoms with Crippen molar-refractivity contribution in [3.63, 3.8) is 0 Å². The number of aromatic nitrogens is 2. The summed E-state index contributed by atoms with van der Waals surface area (Å²) in [5.74, 6) is -0.578. The molecule has 4 heterocycles. The third kappa shape index (κ3) is 2.80. The van der Waals surface area contributed by atoms with Crippen LogP contribution in [0.25, 0.3) is 22.1 Å². The summed E-state index contributed by atoms with van der Waals surface area (Å²) in [7, 11) is 1.62. The van der Waals surface area contributed by atoms with Crippen LogP contribution in [0, 0.1) is 5.41 Å². The van der Waals surface area contributed by atoms with E-state index < -0.39 is 11.5 Å². The van der Waals surface area contributed by atoms with E-state index in [4.69, 9.17) is 9.83 Å². The molecule has 0 saturated carbocycles. The van der Waals surface area contributed by atoms with Crippen molar-refractivity contribution < 1.29 is 9.21 Å². The molecule has 1 saturated heterocycles. The SMILES string of the molecule is CN1C(=N)N[C@](C)(c2cc(-c3cncnc3)cs2)[C@H](c2ccc3ccoc3c2)C1=O. The molecule has 1 fully saturated rings. The van der Waals surface area contributed by atoms with Crippen LogP contribution in [-0.2, 0) is 10.3 Å². The van der Waals surface area contributed by atoms with Gasteiger partial charge in [0.05, 0.1) is 17.7 Å². The Morgan fingerprint density at radius 3 is 2.80 bits per heavy atom. The van der Waals surface area contributed by atoms with Gasteiger partial charge in [-0.25, -0.2) is 9.97 Å². The van der Waals surface area contributed by atoms with Gasteiger partial charge in [-0.05, 0) is 41.6 Å². The molecule has 1 aliphatic rings. The maximum Gasteiger partial charge on any atom is 0.239 e. The Labute approximate surface area is 176 Å². The van der Waals surface area contributed by atoms with E-state index in [1.165, 1.54) is 11.2 Å². The van der Waals surface area contributed by atoms with Gasteiger partial charge < -0.3 is 9.73 Å². The normalized spacial score (nSPS) is 21.8. The zero-order chi connectivity index (χ0) is 20.9. The molecule has 2 atom stereocenters. The average Bonchev–Trinajstić information content (AvgIpc) is 3.42. The largest absolute Gasteiger partial charge is 0.464 e. The lowest BCUT2D eigenvalue weighted by Gasteiger charge is -2.45. The van der Waals surface area contributed by atoms with Gasteiger partial charge in [-0.15, -0.1) is 11.3 Å². The number of likely N-dealkylation sites (N-methyl/N-ethyl adjacent to an activating group) is 1. The molecule has 8 heteroatoms. The van der Waals surface area contributed by atoms with E-state index in [9.17, 15) is 4.79 Å². The summed E-state index contributed by atoms with van der Waals surface area (Å²) in [4.78, 5) is 23.9. The number of guanidine groups is 1. The van der Waals surface area contributed by atoms with Crippen molar-refractivity contribution in [2.75, 3.05) is 7.05 Å². The number of hydrogen-bond donors (Lipinski definition) is 2. The van der Waals surface area contributed by atoms with Crippen LogP contribution in [0.2, 0.25) is 0 Å². The molecule has 150 valence electrons. The molecule has 30 heavy (non-hydrogen) atoms. The Hall–Kier alpha value is -3.52. The second-order valence-electron chi connectivity index (χ2n) is 7.55. The molecule has 0 aliphatic carbocycles. The predicted molar refractivity (Wildman–Crippen MR) is 115 cm³/mol. The number of carbonyl (C=O) groups is 1. The van der Waals surface area contributed by atoms with E-state index in [1.807, 2.05) is 42.6 Å². The first-order chi connectivity index (χ1) is 14.5. The second kappa shape index (κ2) is 6.77. The van der Waals surface area contributed by atoms with Gasteiger partial charge in [-0.3, -0.25) is 15.1 Å². The summed E-state index contributed by atoms with van der Waals surface area (Å²) < 4.78 is 5.57. The molecular formula is C22H19N5O2S. The average molecular weight is 417 g/mol. The van der Waals surface area contributed by atoms with Crippen molar-refractivity contribution in [3.05, 3.63) is 71.1 Å². The monoisotopic (exact) mass is 417 g/mol. The van der Waals surface area contributed by atoms with E-state index in [1.54, 1.807) is 37.0 Å². The molecule has 5 rings (SSSR count). The lowest BCUT2D eigenvalue weighted by Crippen LogP contribution is -2.62. The topological polar surface area (TPSA) is 95.1 Å². The van der Waals surface area contributed by atoms with Gasteiger partial charge in [0.2, 0.25) is 5.91 Å². The highest BCUT2D eigenvalue weighted by atomic mass is 32.1. The summed E-state index contributed by atoms with van der Waals surface area (Å²) in [6.45, 7) is 1.97. The van der Waals surface area contributed by atoms with Crippen LogP contribution < -0.4 is 5.32 Å². The molecule has 0 bridgehead atoms. The maximum absolute atomic E-state index is 13.4. The second-order valence-corrected chi connectivity index (χ2v) is 8.46. The number of nitrogens with one attached hydrogen (secondary N) is 2. The third-order valence-electron chi connectivity index (χ3n) is 5.69. The van der Waals surface area contributed by atoms with E-state index in [-0.39, 0.29) is 11.9 Å². The van der Waals surface area contributed by atoms with Crippen molar-refractivity contribution in [2.45, 2.75) is 18.4 Å². The smallest absolute Gasteiger partial charge is 0.239 e. The lowest BCUT2D eigenvalue weighted by molar-refractivity contribution is -0.131. The summed E-state index contributed by atoms with van der Waals surface area (Å²) in [6, 6.07) is 9.78. The third-order valence-corrected chi connectivity index (χ3v) is 6.85. The Morgan fingerprint density at radius 2 is 2.00 bits per heavy atom. The number of rotatable bonds is 3. The molecule has 1 aromatic carbocycles. The first-order valence-corrected chi connectivity index (χ1v) is 10.3. The van der Waals surface area contributed by atoms with Gasteiger partial charge in [0.25, 0.3) is 0 Å². The van der Waals surface area contributed by atoms with Crippen molar-refractivity contribution >= 4 is 34.2 Å². The Bertz CT molecular complexity index is 1260. The van der Waals surface area contributed by atoms with Gasteiger partial charge in [0.15, 0.2) is 5.96 Å². The summed E-state index contributed by atoms with van der Waals surface area (Å²) in [5, 5.41) is 14.6. The Morgan fingerprint density at radius 1 is 1.20 bits per heavy atom. The van der Waals surface area contributed by atoms with Gasteiger partial charge in [0, 0.05) is 35.3 Å². The number of benzene rings is 1. The van der Waals surface area contributed by atoms with Crippen molar-refractivity contribution in [3.8, 4) is 11.1 Å².